The molecule has 0 spiro atoms. The summed E-state index contributed by atoms with van der Waals surface area (Å²) >= 11 is 0. The number of hydrogen-bond acceptors (Lipinski definition) is 2. The van der Waals surface area contributed by atoms with Crippen molar-refractivity contribution in [3.05, 3.63) is 0 Å². The quantitative estimate of drug-likeness (QED) is 0.0950. The van der Waals surface area contributed by atoms with Crippen molar-refractivity contribution in [2.75, 3.05) is 0 Å². The maximum absolute atomic E-state index is 15.4. The second kappa shape index (κ2) is 14.3. The molecule has 0 saturated carbocycles. The van der Waals surface area contributed by atoms with E-state index in [9.17, 15) is 110 Å². The molecule has 0 fully saturated rings. The summed E-state index contributed by atoms with van der Waals surface area (Å²) in [5.41, 5.74) is -22.5. The van der Waals surface area contributed by atoms with Gasteiger partial charge in [0, 0.05) is 0 Å². The second-order valence-corrected chi connectivity index (χ2v) is 19.9. The van der Waals surface area contributed by atoms with E-state index < -0.39 is 156 Å². The van der Waals surface area contributed by atoms with E-state index in [2.05, 4.69) is 8.23 Å². The van der Waals surface area contributed by atoms with Gasteiger partial charge >= 0.3 is 78.5 Å². The largest absolute Gasteiger partial charge is 0.430 e. The van der Waals surface area contributed by atoms with Gasteiger partial charge in [-0.05, 0) is 40.4 Å². The predicted molar refractivity (Wildman–Crippen MR) is 131 cm³/mol. The van der Waals surface area contributed by atoms with Gasteiger partial charge in [0.25, 0.3) is 18.1 Å². The summed E-state index contributed by atoms with van der Waals surface area (Å²) in [5.74, 6) is -68.3. The van der Waals surface area contributed by atoms with Crippen LogP contribution in [0.25, 0.3) is 0 Å². The molecule has 0 N–H and O–H groups in total. The van der Waals surface area contributed by atoms with E-state index in [0.29, 0.717) is 0 Å². The van der Waals surface area contributed by atoms with E-state index in [4.69, 9.17) is 0 Å². The number of alkyl halides is 27. The molecule has 0 aromatic carbocycles. The highest BCUT2D eigenvalue weighted by atomic mass is 28.5. The van der Waals surface area contributed by atoms with Crippen molar-refractivity contribution in [2.24, 2.45) is 0 Å². The second-order valence-electron chi connectivity index (χ2n) is 11.4. The number of hydrogen-bond donors (Lipinski definition) is 0. The molecule has 0 amide bonds. The van der Waals surface area contributed by atoms with Gasteiger partial charge in [-0.15, -0.1) is 0 Å². The molecule has 5 atom stereocenters. The van der Waals surface area contributed by atoms with Gasteiger partial charge in [0.05, 0.1) is 0 Å². The van der Waals surface area contributed by atoms with Gasteiger partial charge in [0.15, 0.2) is 18.5 Å². The van der Waals surface area contributed by atoms with Crippen LogP contribution in [0, 0.1) is 0 Å². The van der Waals surface area contributed by atoms with E-state index in [-0.39, 0.29) is 0 Å². The Kier molecular flexibility index (Phi) is 13.9. The Morgan fingerprint density at radius 1 is 0.377 bits per heavy atom. The predicted octanol–water partition coefficient (Wildman–Crippen LogP) is 10.1. The van der Waals surface area contributed by atoms with Gasteiger partial charge in [0.1, 0.15) is 0 Å². The van der Waals surface area contributed by atoms with E-state index in [1.165, 1.54) is 0 Å². The maximum Gasteiger partial charge on any atom is 0.398 e. The van der Waals surface area contributed by atoms with Crippen molar-refractivity contribution in [1.82, 2.24) is 0 Å². The monoisotopic (exact) mass is 904 g/mol. The molecule has 0 aliphatic rings. The van der Waals surface area contributed by atoms with Gasteiger partial charge in [-0.25, -0.2) is 30.7 Å². The first-order valence-corrected chi connectivity index (χ1v) is 20.1. The number of rotatable bonds is 19. The smallest absolute Gasteiger partial charge is 0.398 e. The fourth-order valence-corrected chi connectivity index (χ4v) is 14.4. The molecule has 32 heteroatoms. The highest BCUT2D eigenvalue weighted by Crippen LogP contribution is 2.60. The molecule has 2 nitrogen and oxygen atoms in total. The van der Waals surface area contributed by atoms with E-state index in [0.717, 1.165) is 0 Å². The van der Waals surface area contributed by atoms with E-state index >= 15 is 8.78 Å². The molecule has 0 aliphatic carbocycles. The van der Waals surface area contributed by atoms with Crippen LogP contribution < -0.4 is 0 Å². The zero-order valence-electron chi connectivity index (χ0n) is 26.4. The van der Waals surface area contributed by atoms with Gasteiger partial charge in [-0.3, -0.25) is 0 Å². The van der Waals surface area contributed by atoms with Crippen LogP contribution in [-0.4, -0.2) is 115 Å². The highest BCUT2D eigenvalue weighted by molar-refractivity contribution is 6.82. The van der Waals surface area contributed by atoms with Crippen LogP contribution in [0.1, 0.15) is 20.8 Å². The van der Waals surface area contributed by atoms with Crippen molar-refractivity contribution < 1.29 is 127 Å². The maximum atomic E-state index is 15.4. The summed E-state index contributed by atoms with van der Waals surface area (Å²) in [5, 5.41) is 0. The van der Waals surface area contributed by atoms with Crippen molar-refractivity contribution in [3.63, 3.8) is 0 Å². The molecule has 5 unspecified atom stereocenters. The van der Waals surface area contributed by atoms with Crippen LogP contribution in [0.4, 0.5) is 119 Å². The summed E-state index contributed by atoms with van der Waals surface area (Å²) in [4.78, 5) is 0. The Bertz CT molecular complexity index is 1200. The standard InChI is InChI=1S/C21H23F27O2Si3/c1-7(22)10(25,26)13(31,32)16(37,38)19(43,44)51(4)49-53(6,21(47,48)18(41,42)15(35,36)12(29,30)9(3)24)50-52(5)20(45,46)17(39,40)14(33,34)11(27,28)8(2)23/h7-9,51-52H,1-6H3. The summed E-state index contributed by atoms with van der Waals surface area (Å²) in [6.07, 6.45) is -13.7. The van der Waals surface area contributed by atoms with Crippen LogP contribution in [0.5, 0.6) is 0 Å². The molecule has 0 aromatic heterocycles. The van der Waals surface area contributed by atoms with E-state index in [1.807, 2.05) is 0 Å². The molecular weight excluding hydrogens is 881 g/mol. The average Bonchev–Trinajstić information content (AvgIpc) is 2.95. The Morgan fingerprint density at radius 3 is 0.755 bits per heavy atom. The van der Waals surface area contributed by atoms with Crippen LogP contribution in [0.2, 0.25) is 19.6 Å². The van der Waals surface area contributed by atoms with Gasteiger partial charge in [-0.2, -0.15) is 87.8 Å². The lowest BCUT2D eigenvalue weighted by Gasteiger charge is -2.47. The topological polar surface area (TPSA) is 18.5 Å². The first kappa shape index (κ1) is 51.7. The van der Waals surface area contributed by atoms with Gasteiger partial charge in [0.2, 0.25) is 0 Å². The van der Waals surface area contributed by atoms with Crippen molar-refractivity contribution in [2.45, 2.75) is 129 Å². The molecule has 0 aliphatic heterocycles. The van der Waals surface area contributed by atoms with Crippen LogP contribution in [0.3, 0.4) is 0 Å². The van der Waals surface area contributed by atoms with Crippen LogP contribution in [-0.2, 0) is 8.23 Å². The Balaban J connectivity index is 7.94. The summed E-state index contributed by atoms with van der Waals surface area (Å²) in [6, 6.07) is 0. The minimum Gasteiger partial charge on any atom is -0.430 e. The molecular formula is C21H23F27O2Si3. The summed E-state index contributed by atoms with van der Waals surface area (Å²) in [6.45, 7) is -5.31. The fourth-order valence-electron chi connectivity index (χ4n) is 3.79. The normalized spacial score (nSPS) is 20.1. The zero-order valence-corrected chi connectivity index (χ0v) is 29.7. The van der Waals surface area contributed by atoms with Gasteiger partial charge in [-0.1, -0.05) is 0 Å². The average molecular weight is 905 g/mol. The third-order valence-corrected chi connectivity index (χ3v) is 18.2. The first-order valence-electron chi connectivity index (χ1n) is 13.4. The molecule has 0 rings (SSSR count). The highest BCUT2D eigenvalue weighted by Gasteiger charge is 2.90. The fraction of sp³-hybridized carbons (Fsp3) is 1.00. The SMILES string of the molecule is CC(F)C(F)(F)C(F)(F)C(F)(F)C(F)(F)[SiH](C)O[Si](C)(O[SiH](C)C(F)(F)C(F)(F)C(F)(F)C(F)(F)C(C)F)C(F)(F)C(F)(F)C(F)(F)C(F)(F)C(C)F. The van der Waals surface area contributed by atoms with Crippen molar-refractivity contribution in [3.8, 4) is 0 Å². The van der Waals surface area contributed by atoms with Crippen LogP contribution in [0.15, 0.2) is 0 Å². The minimum absolute atomic E-state index is 0.663. The van der Waals surface area contributed by atoms with Gasteiger partial charge < -0.3 is 8.23 Å². The lowest BCUT2D eigenvalue weighted by atomic mass is 10.0. The first-order chi connectivity index (χ1) is 22.6. The number of halogens is 27. The molecule has 0 saturated heterocycles. The molecule has 0 radical (unpaired) electrons. The zero-order chi connectivity index (χ0) is 43.8. The summed E-state index contributed by atoms with van der Waals surface area (Å²) in [7, 11) is -22.7. The molecule has 320 valence electrons. The molecule has 0 bridgehead atoms. The third kappa shape index (κ3) is 7.25. The lowest BCUT2D eigenvalue weighted by molar-refractivity contribution is -0.364. The summed E-state index contributed by atoms with van der Waals surface area (Å²) < 4.78 is 389. The Morgan fingerprint density at radius 2 is 0.566 bits per heavy atom. The van der Waals surface area contributed by atoms with E-state index in [1.54, 1.807) is 0 Å². The Labute approximate surface area is 283 Å². The molecule has 0 heterocycles. The third-order valence-electron chi connectivity index (χ3n) is 7.56. The lowest BCUT2D eigenvalue weighted by Crippen LogP contribution is -2.77. The molecule has 53 heavy (non-hydrogen) atoms. The Hall–Kier alpha value is -1.32. The van der Waals surface area contributed by atoms with Crippen LogP contribution >= 0.6 is 0 Å². The van der Waals surface area contributed by atoms with Crippen molar-refractivity contribution in [1.29, 1.82) is 0 Å². The minimum atomic E-state index is -8.63. The molecule has 0 aromatic rings. The van der Waals surface area contributed by atoms with Crippen molar-refractivity contribution >= 4 is 26.6 Å².